The maximum atomic E-state index is 13.5. The van der Waals surface area contributed by atoms with Gasteiger partial charge < -0.3 is 0 Å². The number of aromatic nitrogens is 2. The molecule has 7 nitrogen and oxygen atoms in total. The van der Waals surface area contributed by atoms with Crippen molar-refractivity contribution in [3.05, 3.63) is 126 Å². The number of nitrogens with zero attached hydrogens (tertiary/aromatic N) is 2. The Bertz CT molecular complexity index is 1820. The first kappa shape index (κ1) is 25.6. The van der Waals surface area contributed by atoms with Gasteiger partial charge in [-0.05, 0) is 0 Å². The van der Waals surface area contributed by atoms with Gasteiger partial charge in [-0.3, -0.25) is 0 Å². The van der Waals surface area contributed by atoms with E-state index < -0.39 is 29.3 Å². The van der Waals surface area contributed by atoms with Crippen molar-refractivity contribution in [1.29, 1.82) is 0 Å². The predicted molar refractivity (Wildman–Crippen MR) is 154 cm³/mol. The number of hydrogen-bond donors (Lipinski definition) is 0. The minimum absolute atomic E-state index is 0.275. The molecule has 0 atom stereocenters. The van der Waals surface area contributed by atoms with Gasteiger partial charge in [0.15, 0.2) is 0 Å². The predicted octanol–water partition coefficient (Wildman–Crippen LogP) is 6.63. The van der Waals surface area contributed by atoms with Gasteiger partial charge in [0.2, 0.25) is 0 Å². The summed E-state index contributed by atoms with van der Waals surface area (Å²) in [5, 5.41) is 3.58. The van der Waals surface area contributed by atoms with Crippen LogP contribution in [0.2, 0.25) is 0 Å². The third-order valence-corrected chi connectivity index (χ3v) is 9.20. The van der Waals surface area contributed by atoms with Crippen molar-refractivity contribution >= 4 is 61.8 Å². The average Bonchev–Trinajstić information content (AvgIpc) is 2.96. The van der Waals surface area contributed by atoms with Gasteiger partial charge in [-0.1, -0.05) is 0 Å². The van der Waals surface area contributed by atoms with Crippen LogP contribution in [0.15, 0.2) is 103 Å². The Morgan fingerprint density at radius 3 is 1.65 bits per heavy atom. The Labute approximate surface area is 236 Å². The van der Waals surface area contributed by atoms with E-state index in [1.165, 1.54) is 0 Å². The van der Waals surface area contributed by atoms with Crippen LogP contribution in [0.5, 0.6) is 5.75 Å². The first-order chi connectivity index (χ1) is 19.4. The summed E-state index contributed by atoms with van der Waals surface area (Å²) < 4.78 is 17.8. The van der Waals surface area contributed by atoms with Crippen molar-refractivity contribution in [2.75, 3.05) is 0 Å². The number of fused-ring (bicyclic) bond motifs is 3. The molecule has 0 aliphatic carbocycles. The summed E-state index contributed by atoms with van der Waals surface area (Å²) in [5.74, 6) is -0.869. The molecule has 0 saturated heterocycles. The fourth-order valence-corrected chi connectivity index (χ4v) is 6.89. The van der Waals surface area contributed by atoms with Gasteiger partial charge in [0.1, 0.15) is 0 Å². The molecular formula is C32H23GaN2O5. The molecule has 8 heteroatoms. The standard InChI is InChI=1S/2C11H9NO2.C10H8O.Ga/c2*1-7-5-6-8-3-2-4-9(11(13)14)10(8)12-7;11-10-6-5-8-3-1-2-4-9(8)7-10;/h2*2-6H,1H3,(H,13,14);1-7,11H;/q;;;+3/p-3. The van der Waals surface area contributed by atoms with Crippen LogP contribution in [0.3, 0.4) is 0 Å². The van der Waals surface area contributed by atoms with Crippen LogP contribution < -0.4 is 3.53 Å². The van der Waals surface area contributed by atoms with Crippen LogP contribution in [0.4, 0.5) is 0 Å². The summed E-state index contributed by atoms with van der Waals surface area (Å²) in [6.45, 7) is 3.71. The summed E-state index contributed by atoms with van der Waals surface area (Å²) >= 11 is -4.05. The van der Waals surface area contributed by atoms with Gasteiger partial charge in [-0.25, -0.2) is 0 Å². The van der Waals surface area contributed by atoms with Gasteiger partial charge in [-0.15, -0.1) is 0 Å². The number of aryl methyl sites for hydroxylation is 2. The van der Waals surface area contributed by atoms with Crippen LogP contribution in [0.1, 0.15) is 32.1 Å². The first-order valence-corrected chi connectivity index (χ1v) is 15.7. The van der Waals surface area contributed by atoms with Crippen molar-refractivity contribution in [2.24, 2.45) is 0 Å². The second kappa shape index (κ2) is 10.8. The van der Waals surface area contributed by atoms with Crippen molar-refractivity contribution in [3.8, 4) is 5.75 Å². The second-order valence-electron chi connectivity index (χ2n) is 9.39. The van der Waals surface area contributed by atoms with Gasteiger partial charge >= 0.3 is 237 Å². The van der Waals surface area contributed by atoms with Gasteiger partial charge in [0.05, 0.1) is 0 Å². The number of pyridine rings is 2. The zero-order valence-electron chi connectivity index (χ0n) is 21.8. The zero-order chi connectivity index (χ0) is 27.6. The van der Waals surface area contributed by atoms with Crippen LogP contribution in [-0.4, -0.2) is 39.2 Å². The Balaban J connectivity index is 1.35. The summed E-state index contributed by atoms with van der Waals surface area (Å²) in [7, 11) is 0. The Morgan fingerprint density at radius 1 is 0.575 bits per heavy atom. The topological polar surface area (TPSA) is 87.6 Å². The molecule has 0 unspecified atom stereocenters. The van der Waals surface area contributed by atoms with E-state index in [1.807, 2.05) is 86.6 Å². The third-order valence-electron chi connectivity index (χ3n) is 6.52. The molecule has 0 aliphatic heterocycles. The van der Waals surface area contributed by atoms with Crippen LogP contribution in [0.25, 0.3) is 32.6 Å². The second-order valence-corrected chi connectivity index (χ2v) is 12.1. The van der Waals surface area contributed by atoms with E-state index in [4.69, 9.17) is 10.6 Å². The van der Waals surface area contributed by atoms with E-state index in [0.717, 1.165) is 32.9 Å². The molecule has 0 amide bonds. The van der Waals surface area contributed by atoms with Crippen molar-refractivity contribution < 1.29 is 20.2 Å². The van der Waals surface area contributed by atoms with Crippen LogP contribution >= 0.6 is 0 Å². The van der Waals surface area contributed by atoms with E-state index in [0.29, 0.717) is 16.8 Å². The summed E-state index contributed by atoms with van der Waals surface area (Å²) in [5.41, 5.74) is 3.11. The summed E-state index contributed by atoms with van der Waals surface area (Å²) in [6, 6.07) is 31.4. The molecule has 40 heavy (non-hydrogen) atoms. The molecule has 0 saturated carbocycles. The van der Waals surface area contributed by atoms with E-state index in [9.17, 15) is 9.59 Å². The third kappa shape index (κ3) is 5.27. The molecule has 0 N–H and O–H groups in total. The molecule has 0 radical (unpaired) electrons. The van der Waals surface area contributed by atoms with E-state index in [2.05, 4.69) is 9.97 Å². The number of rotatable bonds is 6. The normalized spacial score (nSPS) is 10.9. The molecule has 0 fully saturated rings. The molecular weight excluding hydrogens is 562 g/mol. The molecule has 0 spiro atoms. The minimum atomic E-state index is -4.05. The zero-order valence-corrected chi connectivity index (χ0v) is 24.3. The Morgan fingerprint density at radius 2 is 1.07 bits per heavy atom. The SMILES string of the molecule is Cc1ccc2cccc(C(=O)[O][Ga]([O]C(=O)c3cccc4ccc(C)nc34)[O]c3ccc4ccccc4c3)c2n1. The Kier molecular flexibility index (Phi) is 6.94. The fraction of sp³-hybridized carbons (Fsp3) is 0.0625. The number of hydrogen-bond acceptors (Lipinski definition) is 7. The van der Waals surface area contributed by atoms with Gasteiger partial charge in [0.25, 0.3) is 0 Å². The molecule has 2 aromatic heterocycles. The monoisotopic (exact) mass is 584 g/mol. The molecule has 4 aromatic carbocycles. The molecule has 0 bridgehead atoms. The summed E-state index contributed by atoms with van der Waals surface area (Å²) in [6.07, 6.45) is 0. The van der Waals surface area contributed by atoms with Gasteiger partial charge in [0, 0.05) is 0 Å². The van der Waals surface area contributed by atoms with E-state index >= 15 is 0 Å². The first-order valence-electron chi connectivity index (χ1n) is 12.7. The fourth-order valence-electron chi connectivity index (χ4n) is 4.54. The van der Waals surface area contributed by atoms with Crippen LogP contribution in [-0.2, 0) is 7.06 Å². The molecule has 6 rings (SSSR count). The van der Waals surface area contributed by atoms with Crippen molar-refractivity contribution in [2.45, 2.75) is 13.8 Å². The quantitative estimate of drug-likeness (QED) is 0.203. The van der Waals surface area contributed by atoms with Crippen molar-refractivity contribution in [1.82, 2.24) is 9.97 Å². The molecule has 2 heterocycles. The molecule has 0 aliphatic rings. The van der Waals surface area contributed by atoms with Gasteiger partial charge in [-0.2, -0.15) is 0 Å². The number of benzene rings is 4. The number of carbonyl (C=O) groups excluding carboxylic acids is 2. The average molecular weight is 585 g/mol. The molecule has 6 aromatic rings. The maximum absolute atomic E-state index is 13.5. The Hall–Kier alpha value is -4.66. The number of carbonyl (C=O) groups is 2. The van der Waals surface area contributed by atoms with E-state index in [1.54, 1.807) is 30.3 Å². The van der Waals surface area contributed by atoms with Crippen LogP contribution in [0, 0.1) is 13.8 Å². The number of para-hydroxylation sites is 2. The molecule has 194 valence electrons. The summed E-state index contributed by atoms with van der Waals surface area (Å²) in [4.78, 5) is 36.0. The van der Waals surface area contributed by atoms with E-state index in [-0.39, 0.29) is 11.1 Å². The van der Waals surface area contributed by atoms with Crippen molar-refractivity contribution in [3.63, 3.8) is 0 Å².